The molecule has 0 spiro atoms. The molecule has 1 aliphatic rings. The fourth-order valence-corrected chi connectivity index (χ4v) is 2.87. The first-order chi connectivity index (χ1) is 11.5. The van der Waals surface area contributed by atoms with Crippen LogP contribution < -0.4 is 10.1 Å². The fraction of sp³-hybridized carbons (Fsp3) is 0.562. The van der Waals surface area contributed by atoms with Gasteiger partial charge in [0.05, 0.1) is 19.1 Å². The second-order valence-electron chi connectivity index (χ2n) is 5.69. The minimum atomic E-state index is -0.371. The molecule has 0 bridgehead atoms. The van der Waals surface area contributed by atoms with Crippen molar-refractivity contribution in [2.75, 3.05) is 33.9 Å². The predicted octanol–water partition coefficient (Wildman–Crippen LogP) is 1.97. The highest BCUT2D eigenvalue weighted by molar-refractivity contribution is 5.67. The molecule has 1 amide bonds. The van der Waals surface area contributed by atoms with Crippen LogP contribution in [0.1, 0.15) is 18.4 Å². The van der Waals surface area contributed by atoms with E-state index in [-0.39, 0.29) is 16.7 Å². The summed E-state index contributed by atoms with van der Waals surface area (Å²) >= 11 is 0. The molecular weight excluding hydrogens is 314 g/mol. The summed E-state index contributed by atoms with van der Waals surface area (Å²) in [4.78, 5) is 23.9. The summed E-state index contributed by atoms with van der Waals surface area (Å²) in [5, 5.41) is 14.5. The van der Waals surface area contributed by atoms with Crippen LogP contribution in [-0.2, 0) is 11.2 Å². The summed E-state index contributed by atoms with van der Waals surface area (Å²) in [7, 11) is 2.92. The molecule has 8 nitrogen and oxygen atoms in total. The highest BCUT2D eigenvalue weighted by Gasteiger charge is 2.23. The Kier molecular flexibility index (Phi) is 6.36. The SMILES string of the molecule is COC(=O)N1CCC(NCCc2cc(OC)ccc2[N+](=O)[O-])CC1. The van der Waals surface area contributed by atoms with Crippen molar-refractivity contribution in [2.45, 2.75) is 25.3 Å². The number of hydrogen-bond acceptors (Lipinski definition) is 6. The van der Waals surface area contributed by atoms with E-state index in [0.717, 1.165) is 12.8 Å². The Morgan fingerprint density at radius 1 is 1.38 bits per heavy atom. The summed E-state index contributed by atoms with van der Waals surface area (Å²) in [5.74, 6) is 0.613. The molecule has 1 saturated heterocycles. The van der Waals surface area contributed by atoms with Gasteiger partial charge in [-0.2, -0.15) is 0 Å². The molecule has 1 aromatic rings. The van der Waals surface area contributed by atoms with Gasteiger partial charge in [-0.3, -0.25) is 10.1 Å². The molecule has 24 heavy (non-hydrogen) atoms. The Bertz CT molecular complexity index is 585. The van der Waals surface area contributed by atoms with Gasteiger partial charge >= 0.3 is 6.09 Å². The second-order valence-corrected chi connectivity index (χ2v) is 5.69. The number of nitrogens with zero attached hydrogens (tertiary/aromatic N) is 2. The van der Waals surface area contributed by atoms with Crippen LogP contribution in [-0.4, -0.2) is 55.8 Å². The smallest absolute Gasteiger partial charge is 0.409 e. The number of nitrogens with one attached hydrogen (secondary N) is 1. The topological polar surface area (TPSA) is 93.9 Å². The Morgan fingerprint density at radius 2 is 2.08 bits per heavy atom. The standard InChI is InChI=1S/C16H23N3O5/c1-23-14-3-4-15(19(21)22)12(11-14)5-8-17-13-6-9-18(10-7-13)16(20)24-2/h3-4,11,13,17H,5-10H2,1-2H3. The first kappa shape index (κ1) is 18.0. The van der Waals surface area contributed by atoms with Gasteiger partial charge in [-0.15, -0.1) is 0 Å². The molecule has 0 saturated carbocycles. The molecule has 0 atom stereocenters. The molecule has 1 heterocycles. The third-order valence-electron chi connectivity index (χ3n) is 4.24. The van der Waals surface area contributed by atoms with Gasteiger partial charge in [-0.05, 0) is 37.9 Å². The van der Waals surface area contributed by atoms with E-state index in [9.17, 15) is 14.9 Å². The van der Waals surface area contributed by atoms with Crippen LogP contribution in [0.5, 0.6) is 5.75 Å². The molecule has 1 fully saturated rings. The second kappa shape index (κ2) is 8.49. The number of benzene rings is 1. The highest BCUT2D eigenvalue weighted by atomic mass is 16.6. The molecular formula is C16H23N3O5. The number of carbonyl (C=O) groups is 1. The Balaban J connectivity index is 1.84. The zero-order valence-electron chi connectivity index (χ0n) is 14.0. The van der Waals surface area contributed by atoms with E-state index in [0.29, 0.717) is 43.4 Å². The average molecular weight is 337 g/mol. The van der Waals surface area contributed by atoms with Crippen molar-refractivity contribution in [3.05, 3.63) is 33.9 Å². The number of likely N-dealkylation sites (tertiary alicyclic amines) is 1. The van der Waals surface area contributed by atoms with Crippen molar-refractivity contribution in [3.8, 4) is 5.75 Å². The first-order valence-corrected chi connectivity index (χ1v) is 7.92. The van der Waals surface area contributed by atoms with E-state index < -0.39 is 0 Å². The minimum Gasteiger partial charge on any atom is -0.497 e. The van der Waals surface area contributed by atoms with Crippen LogP contribution in [0.25, 0.3) is 0 Å². The molecule has 132 valence electrons. The molecule has 0 unspecified atom stereocenters. The zero-order chi connectivity index (χ0) is 17.5. The van der Waals surface area contributed by atoms with Crippen molar-refractivity contribution in [2.24, 2.45) is 0 Å². The van der Waals surface area contributed by atoms with E-state index in [2.05, 4.69) is 5.32 Å². The summed E-state index contributed by atoms with van der Waals surface area (Å²) < 4.78 is 9.85. The largest absolute Gasteiger partial charge is 0.497 e. The number of rotatable bonds is 6. The number of piperidine rings is 1. The normalized spacial score (nSPS) is 15.2. The van der Waals surface area contributed by atoms with Gasteiger partial charge in [0.25, 0.3) is 5.69 Å². The van der Waals surface area contributed by atoms with E-state index in [1.54, 1.807) is 17.0 Å². The van der Waals surface area contributed by atoms with Crippen molar-refractivity contribution in [1.29, 1.82) is 0 Å². The maximum absolute atomic E-state index is 11.4. The molecule has 1 aromatic carbocycles. The molecule has 2 rings (SSSR count). The predicted molar refractivity (Wildman–Crippen MR) is 88.4 cm³/mol. The Hall–Kier alpha value is -2.35. The number of nitro benzene ring substituents is 1. The van der Waals surface area contributed by atoms with Gasteiger partial charge in [0.1, 0.15) is 5.75 Å². The van der Waals surface area contributed by atoms with Crippen LogP contribution in [0.2, 0.25) is 0 Å². The summed E-state index contributed by atoms with van der Waals surface area (Å²) in [6.45, 7) is 1.95. The maximum atomic E-state index is 11.4. The number of ether oxygens (including phenoxy) is 2. The number of carbonyl (C=O) groups excluding carboxylic acids is 1. The number of nitro groups is 1. The van der Waals surface area contributed by atoms with Gasteiger partial charge in [0, 0.05) is 30.8 Å². The molecule has 0 aromatic heterocycles. The van der Waals surface area contributed by atoms with E-state index in [1.165, 1.54) is 20.3 Å². The lowest BCUT2D eigenvalue weighted by atomic mass is 10.0. The van der Waals surface area contributed by atoms with E-state index in [1.807, 2.05) is 0 Å². The van der Waals surface area contributed by atoms with Crippen LogP contribution in [0.15, 0.2) is 18.2 Å². The third kappa shape index (κ3) is 4.58. The van der Waals surface area contributed by atoms with Gasteiger partial charge in [-0.25, -0.2) is 4.79 Å². The average Bonchev–Trinajstić information content (AvgIpc) is 2.61. The summed E-state index contributed by atoms with van der Waals surface area (Å²) in [6.07, 6.45) is 1.94. The lowest BCUT2D eigenvalue weighted by molar-refractivity contribution is -0.385. The van der Waals surface area contributed by atoms with Crippen molar-refractivity contribution in [3.63, 3.8) is 0 Å². The Labute approximate surface area is 140 Å². The molecule has 0 aliphatic carbocycles. The summed E-state index contributed by atoms with van der Waals surface area (Å²) in [6, 6.07) is 5.08. The van der Waals surface area contributed by atoms with Crippen LogP contribution in [0.3, 0.4) is 0 Å². The lowest BCUT2D eigenvalue weighted by Gasteiger charge is -2.31. The minimum absolute atomic E-state index is 0.109. The van der Waals surface area contributed by atoms with Crippen LogP contribution in [0, 0.1) is 10.1 Å². The van der Waals surface area contributed by atoms with Crippen molar-refractivity contribution >= 4 is 11.8 Å². The third-order valence-corrected chi connectivity index (χ3v) is 4.24. The molecule has 1 aliphatic heterocycles. The highest BCUT2D eigenvalue weighted by Crippen LogP contribution is 2.24. The van der Waals surface area contributed by atoms with E-state index in [4.69, 9.17) is 9.47 Å². The van der Waals surface area contributed by atoms with Crippen molar-refractivity contribution in [1.82, 2.24) is 10.2 Å². The Morgan fingerprint density at radius 3 is 2.67 bits per heavy atom. The van der Waals surface area contributed by atoms with Gasteiger partial charge in [-0.1, -0.05) is 0 Å². The number of methoxy groups -OCH3 is 2. The first-order valence-electron chi connectivity index (χ1n) is 7.92. The van der Waals surface area contributed by atoms with Gasteiger partial charge in [0.2, 0.25) is 0 Å². The monoisotopic (exact) mass is 337 g/mol. The number of hydrogen-bond donors (Lipinski definition) is 1. The number of amides is 1. The quantitative estimate of drug-likeness (QED) is 0.630. The van der Waals surface area contributed by atoms with E-state index >= 15 is 0 Å². The van der Waals surface area contributed by atoms with Crippen LogP contribution in [0.4, 0.5) is 10.5 Å². The zero-order valence-corrected chi connectivity index (χ0v) is 14.0. The maximum Gasteiger partial charge on any atom is 0.409 e. The molecule has 8 heteroatoms. The fourth-order valence-electron chi connectivity index (χ4n) is 2.87. The van der Waals surface area contributed by atoms with Crippen LogP contribution >= 0.6 is 0 Å². The summed E-state index contributed by atoms with van der Waals surface area (Å²) in [5.41, 5.74) is 0.761. The molecule has 0 radical (unpaired) electrons. The molecule has 1 N–H and O–H groups in total. The van der Waals surface area contributed by atoms with Gasteiger partial charge < -0.3 is 19.7 Å². The lowest BCUT2D eigenvalue weighted by Crippen LogP contribution is -2.45. The van der Waals surface area contributed by atoms with Crippen molar-refractivity contribution < 1.29 is 19.2 Å². The van der Waals surface area contributed by atoms with Gasteiger partial charge in [0.15, 0.2) is 0 Å².